The van der Waals surface area contributed by atoms with E-state index >= 15 is 0 Å². The number of furan rings is 1. The molecule has 27 heavy (non-hydrogen) atoms. The maximum Gasteiger partial charge on any atom is 0.293 e. The fourth-order valence-electron chi connectivity index (χ4n) is 2.60. The zero-order valence-corrected chi connectivity index (χ0v) is 15.6. The molecule has 0 saturated heterocycles. The Hall–Kier alpha value is -3.20. The standard InChI is InChI=1S/C18H14BrN5O3/c19-13-5-3-12(4-6-13)15-8-16-18(26)23(21-11-24(16)22-15)10-17(25)20-9-14-2-1-7-27-14/h1-8,11H,9-10H2,(H,20,25). The van der Waals surface area contributed by atoms with E-state index < -0.39 is 0 Å². The zero-order chi connectivity index (χ0) is 18.8. The van der Waals surface area contributed by atoms with Crippen LogP contribution in [0.3, 0.4) is 0 Å². The number of benzene rings is 1. The number of carbonyl (C=O) groups is 1. The Kier molecular flexibility index (Phi) is 4.59. The smallest absolute Gasteiger partial charge is 0.293 e. The molecular weight excluding hydrogens is 414 g/mol. The predicted octanol–water partition coefficient (Wildman–Crippen LogP) is 2.23. The Morgan fingerprint density at radius 3 is 2.78 bits per heavy atom. The van der Waals surface area contributed by atoms with Crippen molar-refractivity contribution < 1.29 is 9.21 Å². The van der Waals surface area contributed by atoms with Gasteiger partial charge in [0.2, 0.25) is 5.91 Å². The molecule has 1 amide bonds. The van der Waals surface area contributed by atoms with Gasteiger partial charge in [-0.05, 0) is 30.3 Å². The third-order valence-corrected chi connectivity index (χ3v) is 4.49. The molecule has 136 valence electrons. The number of nitrogens with zero attached hydrogens (tertiary/aromatic N) is 4. The van der Waals surface area contributed by atoms with Crippen LogP contribution in [0.5, 0.6) is 0 Å². The number of fused-ring (bicyclic) bond motifs is 1. The lowest BCUT2D eigenvalue weighted by molar-refractivity contribution is -0.122. The van der Waals surface area contributed by atoms with Crippen molar-refractivity contribution in [1.82, 2.24) is 24.7 Å². The van der Waals surface area contributed by atoms with Crippen LogP contribution < -0.4 is 10.9 Å². The van der Waals surface area contributed by atoms with Gasteiger partial charge < -0.3 is 9.73 Å². The van der Waals surface area contributed by atoms with E-state index in [9.17, 15) is 9.59 Å². The number of aromatic nitrogens is 4. The molecule has 1 aromatic carbocycles. The number of halogens is 1. The van der Waals surface area contributed by atoms with Crippen LogP contribution in [0.4, 0.5) is 0 Å². The van der Waals surface area contributed by atoms with Gasteiger partial charge in [-0.15, -0.1) is 0 Å². The van der Waals surface area contributed by atoms with Crippen molar-refractivity contribution in [2.75, 3.05) is 0 Å². The molecule has 8 nitrogen and oxygen atoms in total. The first-order chi connectivity index (χ1) is 13.1. The van der Waals surface area contributed by atoms with Crippen LogP contribution in [0.25, 0.3) is 16.8 Å². The van der Waals surface area contributed by atoms with Gasteiger partial charge in [-0.2, -0.15) is 10.2 Å². The second kappa shape index (κ2) is 7.20. The normalized spacial score (nSPS) is 11.0. The summed E-state index contributed by atoms with van der Waals surface area (Å²) in [4.78, 5) is 24.7. The molecule has 0 aliphatic carbocycles. The van der Waals surface area contributed by atoms with E-state index in [1.807, 2.05) is 24.3 Å². The molecule has 3 aromatic heterocycles. The highest BCUT2D eigenvalue weighted by molar-refractivity contribution is 9.10. The summed E-state index contributed by atoms with van der Waals surface area (Å²) in [6, 6.07) is 12.8. The lowest BCUT2D eigenvalue weighted by Gasteiger charge is -2.05. The third-order valence-electron chi connectivity index (χ3n) is 3.96. The molecule has 0 fully saturated rings. The van der Waals surface area contributed by atoms with Crippen molar-refractivity contribution in [3.63, 3.8) is 0 Å². The number of amides is 1. The molecular formula is C18H14BrN5O3. The monoisotopic (exact) mass is 427 g/mol. The SMILES string of the molecule is O=C(Cn1ncn2nc(-c3ccc(Br)cc3)cc2c1=O)NCc1ccco1. The Morgan fingerprint density at radius 2 is 2.04 bits per heavy atom. The van der Waals surface area contributed by atoms with Crippen LogP contribution in [0, 0.1) is 0 Å². The second-order valence-corrected chi connectivity index (χ2v) is 6.73. The van der Waals surface area contributed by atoms with Gasteiger partial charge in [0.1, 0.15) is 24.1 Å². The molecule has 9 heteroatoms. The summed E-state index contributed by atoms with van der Waals surface area (Å²) < 4.78 is 8.64. The van der Waals surface area contributed by atoms with E-state index in [2.05, 4.69) is 31.4 Å². The molecule has 4 rings (SSSR count). The van der Waals surface area contributed by atoms with Crippen molar-refractivity contribution in [2.45, 2.75) is 13.1 Å². The van der Waals surface area contributed by atoms with Gasteiger partial charge in [-0.1, -0.05) is 28.1 Å². The number of hydrogen-bond donors (Lipinski definition) is 1. The summed E-state index contributed by atoms with van der Waals surface area (Å²) in [6.45, 7) is 0.0675. The highest BCUT2D eigenvalue weighted by atomic mass is 79.9. The van der Waals surface area contributed by atoms with E-state index in [4.69, 9.17) is 4.42 Å². The summed E-state index contributed by atoms with van der Waals surface area (Å²) in [5.41, 5.74) is 1.49. The summed E-state index contributed by atoms with van der Waals surface area (Å²) in [5, 5.41) is 11.1. The Bertz CT molecular complexity index is 1150. The molecule has 3 heterocycles. The van der Waals surface area contributed by atoms with Gasteiger partial charge in [0.25, 0.3) is 5.56 Å². The second-order valence-electron chi connectivity index (χ2n) is 5.82. The highest BCUT2D eigenvalue weighted by Crippen LogP contribution is 2.20. The van der Waals surface area contributed by atoms with Gasteiger partial charge in [0.05, 0.1) is 18.5 Å². The first-order valence-electron chi connectivity index (χ1n) is 8.11. The molecule has 0 spiro atoms. The zero-order valence-electron chi connectivity index (χ0n) is 14.0. The lowest BCUT2D eigenvalue weighted by atomic mass is 10.1. The first-order valence-corrected chi connectivity index (χ1v) is 8.90. The van der Waals surface area contributed by atoms with Gasteiger partial charge in [-0.3, -0.25) is 9.59 Å². The molecule has 0 aliphatic heterocycles. The Balaban J connectivity index is 1.55. The van der Waals surface area contributed by atoms with Gasteiger partial charge in [0.15, 0.2) is 0 Å². The van der Waals surface area contributed by atoms with E-state index in [1.54, 1.807) is 18.2 Å². The number of rotatable bonds is 5. The van der Waals surface area contributed by atoms with Crippen molar-refractivity contribution in [3.8, 4) is 11.3 Å². The Labute approximate surface area is 161 Å². The molecule has 4 aromatic rings. The van der Waals surface area contributed by atoms with Crippen LogP contribution in [-0.2, 0) is 17.9 Å². The van der Waals surface area contributed by atoms with E-state index in [0.717, 1.165) is 14.7 Å². The molecule has 0 atom stereocenters. The predicted molar refractivity (Wildman–Crippen MR) is 101 cm³/mol. The van der Waals surface area contributed by atoms with Crippen LogP contribution in [0.2, 0.25) is 0 Å². The third kappa shape index (κ3) is 3.68. The molecule has 0 radical (unpaired) electrons. The average molecular weight is 428 g/mol. The molecule has 0 saturated carbocycles. The van der Waals surface area contributed by atoms with Crippen molar-refractivity contribution >= 4 is 27.4 Å². The molecule has 0 aliphatic rings. The van der Waals surface area contributed by atoms with Crippen LogP contribution in [-0.4, -0.2) is 25.3 Å². The summed E-state index contributed by atoms with van der Waals surface area (Å²) in [6.07, 6.45) is 2.95. The Morgan fingerprint density at radius 1 is 1.22 bits per heavy atom. The molecule has 1 N–H and O–H groups in total. The highest BCUT2D eigenvalue weighted by Gasteiger charge is 2.12. The van der Waals surface area contributed by atoms with Gasteiger partial charge in [0, 0.05) is 10.0 Å². The lowest BCUT2D eigenvalue weighted by Crippen LogP contribution is -2.33. The van der Waals surface area contributed by atoms with Crippen LogP contribution in [0.1, 0.15) is 5.76 Å². The summed E-state index contributed by atoms with van der Waals surface area (Å²) in [5.74, 6) is 0.298. The minimum atomic E-state index is -0.387. The van der Waals surface area contributed by atoms with Crippen LogP contribution in [0.15, 0.2) is 68.7 Å². The molecule has 0 unspecified atom stereocenters. The molecule has 0 bridgehead atoms. The van der Waals surface area contributed by atoms with E-state index in [-0.39, 0.29) is 24.6 Å². The number of nitrogens with one attached hydrogen (secondary N) is 1. The van der Waals surface area contributed by atoms with Gasteiger partial charge >= 0.3 is 0 Å². The minimum Gasteiger partial charge on any atom is -0.467 e. The minimum absolute atomic E-state index is 0.186. The first kappa shape index (κ1) is 17.2. The largest absolute Gasteiger partial charge is 0.467 e. The summed E-state index contributed by atoms with van der Waals surface area (Å²) in [7, 11) is 0. The van der Waals surface area contributed by atoms with Crippen molar-refractivity contribution in [1.29, 1.82) is 0 Å². The average Bonchev–Trinajstić information content (AvgIpc) is 3.33. The maximum atomic E-state index is 12.6. The van der Waals surface area contributed by atoms with Crippen molar-refractivity contribution in [3.05, 3.63) is 75.6 Å². The van der Waals surface area contributed by atoms with E-state index in [0.29, 0.717) is 17.0 Å². The van der Waals surface area contributed by atoms with E-state index in [1.165, 1.54) is 17.1 Å². The summed E-state index contributed by atoms with van der Waals surface area (Å²) >= 11 is 3.39. The number of hydrogen-bond acceptors (Lipinski definition) is 5. The topological polar surface area (TPSA) is 94.4 Å². The number of carbonyl (C=O) groups excluding carboxylic acids is 1. The fraction of sp³-hybridized carbons (Fsp3) is 0.111. The quantitative estimate of drug-likeness (QED) is 0.526. The fourth-order valence-corrected chi connectivity index (χ4v) is 2.87. The maximum absolute atomic E-state index is 12.6. The van der Waals surface area contributed by atoms with Crippen LogP contribution >= 0.6 is 15.9 Å². The van der Waals surface area contributed by atoms with Gasteiger partial charge in [-0.25, -0.2) is 9.20 Å². The van der Waals surface area contributed by atoms with Crippen molar-refractivity contribution in [2.24, 2.45) is 0 Å².